The van der Waals surface area contributed by atoms with Gasteiger partial charge in [-0.05, 0) is 37.6 Å². The Kier molecular flexibility index (Phi) is 3.58. The van der Waals surface area contributed by atoms with E-state index in [1.807, 2.05) is 24.1 Å². The van der Waals surface area contributed by atoms with E-state index in [4.69, 9.17) is 4.98 Å². The maximum absolute atomic E-state index is 14.2. The molecule has 0 amide bonds. The molecule has 0 aliphatic carbocycles. The second-order valence-electron chi connectivity index (χ2n) is 6.93. The Morgan fingerprint density at radius 1 is 1.27 bits per heavy atom. The van der Waals surface area contributed by atoms with E-state index in [1.54, 1.807) is 16.0 Å². The van der Waals surface area contributed by atoms with Gasteiger partial charge < -0.3 is 5.32 Å². The SMILES string of the molecule is Cc1cc(-c2nc3cn(C4CCNCC4F)nc3s2)cc2cn(C)nc12. The van der Waals surface area contributed by atoms with Gasteiger partial charge >= 0.3 is 0 Å². The number of piperidine rings is 1. The molecular formula is C18H19FN6S. The first-order valence-corrected chi connectivity index (χ1v) is 9.55. The first kappa shape index (κ1) is 15.9. The number of aromatic nitrogens is 5. The molecule has 3 aromatic heterocycles. The smallest absolute Gasteiger partial charge is 0.166 e. The summed E-state index contributed by atoms with van der Waals surface area (Å²) in [5, 5.41) is 14.2. The molecule has 1 aromatic carbocycles. The predicted octanol–water partition coefficient (Wildman–Crippen LogP) is 3.23. The highest BCUT2D eigenvalue weighted by molar-refractivity contribution is 7.21. The van der Waals surface area contributed by atoms with Crippen LogP contribution in [0.4, 0.5) is 4.39 Å². The average Bonchev–Trinajstić information content (AvgIpc) is 3.27. The van der Waals surface area contributed by atoms with E-state index >= 15 is 0 Å². The summed E-state index contributed by atoms with van der Waals surface area (Å²) in [4.78, 5) is 5.60. The van der Waals surface area contributed by atoms with Gasteiger partial charge in [-0.2, -0.15) is 10.2 Å². The lowest BCUT2D eigenvalue weighted by atomic mass is 10.1. The first-order valence-electron chi connectivity index (χ1n) is 8.73. The normalized spacial score (nSPS) is 21.0. The maximum Gasteiger partial charge on any atom is 0.166 e. The van der Waals surface area contributed by atoms with E-state index in [2.05, 4.69) is 34.6 Å². The van der Waals surface area contributed by atoms with Gasteiger partial charge in [0.1, 0.15) is 16.7 Å². The van der Waals surface area contributed by atoms with Crippen LogP contribution >= 0.6 is 11.3 Å². The quantitative estimate of drug-likeness (QED) is 0.589. The van der Waals surface area contributed by atoms with Crippen LogP contribution in [0.3, 0.4) is 0 Å². The van der Waals surface area contributed by atoms with Gasteiger partial charge in [0.25, 0.3) is 0 Å². The molecule has 2 unspecified atom stereocenters. The van der Waals surface area contributed by atoms with Crippen molar-refractivity contribution >= 4 is 32.6 Å². The second-order valence-corrected chi connectivity index (χ2v) is 7.91. The lowest BCUT2D eigenvalue weighted by Crippen LogP contribution is -2.39. The summed E-state index contributed by atoms with van der Waals surface area (Å²) in [5.74, 6) is 0. The highest BCUT2D eigenvalue weighted by atomic mass is 32.1. The van der Waals surface area contributed by atoms with E-state index in [0.717, 1.165) is 50.4 Å². The topological polar surface area (TPSA) is 60.6 Å². The molecule has 1 N–H and O–H groups in total. The number of thiazole rings is 1. The van der Waals surface area contributed by atoms with Crippen LogP contribution in [0.5, 0.6) is 0 Å². The highest BCUT2D eigenvalue weighted by Crippen LogP contribution is 2.33. The van der Waals surface area contributed by atoms with Gasteiger partial charge in [-0.15, -0.1) is 0 Å². The van der Waals surface area contributed by atoms with Crippen LogP contribution in [0.2, 0.25) is 0 Å². The molecule has 1 fully saturated rings. The lowest BCUT2D eigenvalue weighted by Gasteiger charge is -2.26. The summed E-state index contributed by atoms with van der Waals surface area (Å²) >= 11 is 1.55. The fraction of sp³-hybridized carbons (Fsp3) is 0.389. The first-order chi connectivity index (χ1) is 12.6. The van der Waals surface area contributed by atoms with Crippen molar-refractivity contribution in [2.24, 2.45) is 7.05 Å². The molecule has 1 saturated heterocycles. The molecule has 1 aliphatic rings. The fourth-order valence-corrected chi connectivity index (χ4v) is 4.59. The molecule has 0 saturated carbocycles. The Balaban J connectivity index is 1.53. The van der Waals surface area contributed by atoms with Crippen LogP contribution < -0.4 is 5.32 Å². The molecule has 0 radical (unpaired) electrons. The third-order valence-electron chi connectivity index (χ3n) is 4.97. The largest absolute Gasteiger partial charge is 0.314 e. The monoisotopic (exact) mass is 370 g/mol. The molecule has 6 nitrogen and oxygen atoms in total. The van der Waals surface area contributed by atoms with Crippen LogP contribution in [-0.2, 0) is 7.05 Å². The minimum Gasteiger partial charge on any atom is -0.314 e. The van der Waals surface area contributed by atoms with Gasteiger partial charge in [-0.25, -0.2) is 9.37 Å². The number of hydrogen-bond acceptors (Lipinski definition) is 5. The lowest BCUT2D eigenvalue weighted by molar-refractivity contribution is 0.174. The van der Waals surface area contributed by atoms with Crippen molar-refractivity contribution in [1.82, 2.24) is 29.9 Å². The average molecular weight is 370 g/mol. The number of benzene rings is 1. The van der Waals surface area contributed by atoms with Crippen LogP contribution in [-0.4, -0.2) is 43.8 Å². The van der Waals surface area contributed by atoms with E-state index in [9.17, 15) is 4.39 Å². The Morgan fingerprint density at radius 2 is 2.15 bits per heavy atom. The molecule has 0 spiro atoms. The Morgan fingerprint density at radius 3 is 2.96 bits per heavy atom. The van der Waals surface area contributed by atoms with E-state index < -0.39 is 6.17 Å². The maximum atomic E-state index is 14.2. The van der Waals surface area contributed by atoms with E-state index in [1.165, 1.54) is 0 Å². The zero-order valence-electron chi connectivity index (χ0n) is 14.6. The minimum atomic E-state index is -0.909. The summed E-state index contributed by atoms with van der Waals surface area (Å²) < 4.78 is 17.8. The predicted molar refractivity (Wildman–Crippen MR) is 101 cm³/mol. The van der Waals surface area contributed by atoms with Gasteiger partial charge in [0.05, 0.1) is 17.8 Å². The molecule has 26 heavy (non-hydrogen) atoms. The molecule has 1 aliphatic heterocycles. The van der Waals surface area contributed by atoms with Crippen LogP contribution in [0.1, 0.15) is 18.0 Å². The summed E-state index contributed by atoms with van der Waals surface area (Å²) in [6, 6.07) is 4.03. The zero-order chi connectivity index (χ0) is 17.8. The molecular weight excluding hydrogens is 351 g/mol. The van der Waals surface area contributed by atoms with Crippen molar-refractivity contribution in [2.75, 3.05) is 13.1 Å². The number of rotatable bonds is 2. The van der Waals surface area contributed by atoms with Gasteiger partial charge in [-0.1, -0.05) is 11.3 Å². The van der Waals surface area contributed by atoms with Gasteiger partial charge in [-0.3, -0.25) is 9.36 Å². The van der Waals surface area contributed by atoms with E-state index in [-0.39, 0.29) is 6.04 Å². The number of nitrogens with zero attached hydrogens (tertiary/aromatic N) is 5. The fourth-order valence-electron chi connectivity index (χ4n) is 3.69. The van der Waals surface area contributed by atoms with Crippen molar-refractivity contribution in [2.45, 2.75) is 25.6 Å². The van der Waals surface area contributed by atoms with Gasteiger partial charge in [0.2, 0.25) is 0 Å². The van der Waals surface area contributed by atoms with Crippen molar-refractivity contribution in [3.8, 4) is 10.6 Å². The van der Waals surface area contributed by atoms with Crippen molar-refractivity contribution in [1.29, 1.82) is 0 Å². The number of halogens is 1. The number of alkyl halides is 1. The highest BCUT2D eigenvalue weighted by Gasteiger charge is 2.27. The Labute approximate surface area is 153 Å². The van der Waals surface area contributed by atoms with Crippen LogP contribution in [0.25, 0.3) is 31.8 Å². The van der Waals surface area contributed by atoms with E-state index in [0.29, 0.717) is 6.54 Å². The zero-order valence-corrected chi connectivity index (χ0v) is 15.4. The molecule has 2 atom stereocenters. The summed E-state index contributed by atoms with van der Waals surface area (Å²) in [6.45, 7) is 3.28. The summed E-state index contributed by atoms with van der Waals surface area (Å²) in [5.41, 5.74) is 4.05. The Bertz CT molecular complexity index is 1080. The van der Waals surface area contributed by atoms with Crippen LogP contribution in [0, 0.1) is 6.92 Å². The third-order valence-corrected chi connectivity index (χ3v) is 5.97. The molecule has 5 rings (SSSR count). The van der Waals surface area contributed by atoms with Crippen LogP contribution in [0.15, 0.2) is 24.5 Å². The Hall–Kier alpha value is -2.32. The molecule has 8 heteroatoms. The number of hydrogen-bond donors (Lipinski definition) is 1. The van der Waals surface area contributed by atoms with Gasteiger partial charge in [0, 0.05) is 30.7 Å². The van der Waals surface area contributed by atoms with Crippen molar-refractivity contribution in [3.05, 3.63) is 30.1 Å². The molecule has 0 bridgehead atoms. The third kappa shape index (κ3) is 2.52. The summed E-state index contributed by atoms with van der Waals surface area (Å²) in [7, 11) is 1.93. The number of nitrogens with one attached hydrogen (secondary N) is 1. The molecule has 4 heterocycles. The van der Waals surface area contributed by atoms with Crippen molar-refractivity contribution in [3.63, 3.8) is 0 Å². The number of aryl methyl sites for hydroxylation is 2. The summed E-state index contributed by atoms with van der Waals surface area (Å²) in [6.07, 6.45) is 3.74. The standard InChI is InChI=1S/C18H19FN6S/c1-10-5-11(6-12-8-24(2)22-16(10)12)17-21-14-9-25(23-18(14)26-17)15-3-4-20-7-13(15)19/h5-6,8-9,13,15,20H,3-4,7H2,1-2H3. The molecule has 4 aromatic rings. The number of fused-ring (bicyclic) bond motifs is 2. The second kappa shape index (κ2) is 5.85. The molecule has 134 valence electrons. The van der Waals surface area contributed by atoms with Gasteiger partial charge in [0.15, 0.2) is 4.83 Å². The van der Waals surface area contributed by atoms with Crippen molar-refractivity contribution < 1.29 is 4.39 Å². The minimum absolute atomic E-state index is 0.199.